The molecule has 3 aromatic rings. The van der Waals surface area contributed by atoms with Crippen molar-refractivity contribution in [1.82, 2.24) is 4.90 Å². The van der Waals surface area contributed by atoms with Gasteiger partial charge in [0.05, 0.1) is 15.5 Å². The van der Waals surface area contributed by atoms with Gasteiger partial charge in [-0.25, -0.2) is 12.8 Å². The van der Waals surface area contributed by atoms with E-state index in [0.717, 1.165) is 0 Å². The second-order valence-electron chi connectivity index (χ2n) is 8.13. The summed E-state index contributed by atoms with van der Waals surface area (Å²) in [6.45, 7) is 1.58. The number of hydrogen-bond donors (Lipinski definition) is 0. The van der Waals surface area contributed by atoms with Crippen LogP contribution in [0.1, 0.15) is 18.4 Å². The van der Waals surface area contributed by atoms with Gasteiger partial charge in [0.1, 0.15) is 5.82 Å². The summed E-state index contributed by atoms with van der Waals surface area (Å²) in [4.78, 5) is 12.9. The standard InChI is InChI=1S/C24H23ClFN3O4S/c25-24-11-10-22(29(30)31)16-18(24)17-27-14-12-21(13-15-27)28(20-8-6-19(26)7-9-20)34(32,33)23-4-2-1-3-5-23/h1-11,16,21H,12-15,17H2. The minimum absolute atomic E-state index is 0.0225. The lowest BCUT2D eigenvalue weighted by Crippen LogP contribution is -2.47. The molecule has 0 spiro atoms. The minimum Gasteiger partial charge on any atom is -0.299 e. The van der Waals surface area contributed by atoms with Gasteiger partial charge >= 0.3 is 0 Å². The molecule has 0 radical (unpaired) electrons. The molecule has 178 valence electrons. The van der Waals surface area contributed by atoms with Crippen LogP contribution in [0.15, 0.2) is 77.7 Å². The molecule has 0 aliphatic carbocycles. The van der Waals surface area contributed by atoms with E-state index in [2.05, 4.69) is 4.90 Å². The number of nitro groups is 1. The van der Waals surface area contributed by atoms with Crippen LogP contribution in [0, 0.1) is 15.9 Å². The summed E-state index contributed by atoms with van der Waals surface area (Å²) in [5.74, 6) is -0.440. The maximum absolute atomic E-state index is 13.6. The van der Waals surface area contributed by atoms with Crippen molar-refractivity contribution < 1.29 is 17.7 Å². The van der Waals surface area contributed by atoms with Crippen LogP contribution in [0.25, 0.3) is 0 Å². The maximum atomic E-state index is 13.6. The van der Waals surface area contributed by atoms with Crippen LogP contribution in [0.2, 0.25) is 5.02 Å². The van der Waals surface area contributed by atoms with Crippen molar-refractivity contribution in [2.45, 2.75) is 30.3 Å². The highest BCUT2D eigenvalue weighted by Crippen LogP contribution is 2.32. The molecule has 0 atom stereocenters. The van der Waals surface area contributed by atoms with Crippen molar-refractivity contribution in [3.8, 4) is 0 Å². The molecule has 0 amide bonds. The van der Waals surface area contributed by atoms with Crippen molar-refractivity contribution in [3.63, 3.8) is 0 Å². The highest BCUT2D eigenvalue weighted by atomic mass is 35.5. The van der Waals surface area contributed by atoms with Gasteiger partial charge in [-0.05, 0) is 60.9 Å². The zero-order valence-electron chi connectivity index (χ0n) is 18.2. The number of sulfonamides is 1. The lowest BCUT2D eigenvalue weighted by Gasteiger charge is -2.39. The minimum atomic E-state index is -3.87. The summed E-state index contributed by atoms with van der Waals surface area (Å²) < 4.78 is 42.1. The van der Waals surface area contributed by atoms with Gasteiger partial charge in [-0.1, -0.05) is 29.8 Å². The highest BCUT2D eigenvalue weighted by molar-refractivity contribution is 7.92. The number of benzene rings is 3. The number of nitro benzene ring substituents is 1. The Labute approximate surface area is 202 Å². The zero-order chi connectivity index (χ0) is 24.3. The third-order valence-corrected chi connectivity index (χ3v) is 8.17. The Kier molecular flexibility index (Phi) is 7.16. The van der Waals surface area contributed by atoms with Crippen LogP contribution in [0.5, 0.6) is 0 Å². The van der Waals surface area contributed by atoms with E-state index in [1.165, 1.54) is 46.8 Å². The number of likely N-dealkylation sites (tertiary alicyclic amines) is 1. The number of halogens is 2. The van der Waals surface area contributed by atoms with Gasteiger partial charge in [-0.3, -0.25) is 19.3 Å². The van der Waals surface area contributed by atoms with Crippen molar-refractivity contribution >= 4 is 33.0 Å². The lowest BCUT2D eigenvalue weighted by molar-refractivity contribution is -0.384. The summed E-state index contributed by atoms with van der Waals surface area (Å²) >= 11 is 6.25. The number of piperidine rings is 1. The monoisotopic (exact) mass is 503 g/mol. The molecule has 0 saturated carbocycles. The summed E-state index contributed by atoms with van der Waals surface area (Å²) in [5.41, 5.74) is 1.04. The Hall–Kier alpha value is -3.01. The highest BCUT2D eigenvalue weighted by Gasteiger charge is 2.34. The summed E-state index contributed by atoms with van der Waals surface area (Å²) in [6, 6.07) is 17.7. The van der Waals surface area contributed by atoms with Gasteiger partial charge in [0.2, 0.25) is 0 Å². The van der Waals surface area contributed by atoms with Crippen LogP contribution >= 0.6 is 11.6 Å². The first-order valence-corrected chi connectivity index (χ1v) is 12.6. The summed E-state index contributed by atoms with van der Waals surface area (Å²) in [6.07, 6.45) is 1.08. The van der Waals surface area contributed by atoms with E-state index in [1.807, 2.05) is 0 Å². The van der Waals surface area contributed by atoms with E-state index in [1.54, 1.807) is 30.3 Å². The van der Waals surface area contributed by atoms with Gasteiger partial charge in [0, 0.05) is 42.8 Å². The second-order valence-corrected chi connectivity index (χ2v) is 10.4. The molecule has 1 aliphatic rings. The van der Waals surface area contributed by atoms with Gasteiger partial charge < -0.3 is 0 Å². The van der Waals surface area contributed by atoms with E-state index in [0.29, 0.717) is 48.7 Å². The molecule has 1 heterocycles. The van der Waals surface area contributed by atoms with Crippen LogP contribution < -0.4 is 4.31 Å². The molecule has 10 heteroatoms. The first-order valence-electron chi connectivity index (χ1n) is 10.8. The Morgan fingerprint density at radius 2 is 1.68 bits per heavy atom. The van der Waals surface area contributed by atoms with Crippen LogP contribution in [0.4, 0.5) is 15.8 Å². The SMILES string of the molecule is O=[N+]([O-])c1ccc(Cl)c(CN2CCC(N(c3ccc(F)cc3)S(=O)(=O)c3ccccc3)CC2)c1. The van der Waals surface area contributed by atoms with Gasteiger partial charge in [0.25, 0.3) is 15.7 Å². The molecule has 1 fully saturated rings. The number of rotatable bonds is 7. The first kappa shape index (κ1) is 24.1. The predicted molar refractivity (Wildman–Crippen MR) is 129 cm³/mol. The molecular weight excluding hydrogens is 481 g/mol. The fourth-order valence-electron chi connectivity index (χ4n) is 4.19. The normalized spacial score (nSPS) is 15.2. The van der Waals surface area contributed by atoms with Gasteiger partial charge in [-0.2, -0.15) is 0 Å². The molecule has 0 bridgehead atoms. The number of hydrogen-bond acceptors (Lipinski definition) is 5. The Morgan fingerprint density at radius 3 is 2.29 bits per heavy atom. The lowest BCUT2D eigenvalue weighted by atomic mass is 10.0. The quantitative estimate of drug-likeness (QED) is 0.325. The summed E-state index contributed by atoms with van der Waals surface area (Å²) in [7, 11) is -3.87. The first-order chi connectivity index (χ1) is 16.3. The van der Waals surface area contributed by atoms with Crippen molar-refractivity contribution in [2.75, 3.05) is 17.4 Å². The molecular formula is C24H23ClFN3O4S. The topological polar surface area (TPSA) is 83.8 Å². The Bertz CT molecular complexity index is 1270. The number of nitrogens with zero attached hydrogens (tertiary/aromatic N) is 3. The molecule has 34 heavy (non-hydrogen) atoms. The summed E-state index contributed by atoms with van der Waals surface area (Å²) in [5, 5.41) is 11.6. The molecule has 3 aromatic carbocycles. The van der Waals surface area contributed by atoms with E-state index in [-0.39, 0.29) is 16.6 Å². The third kappa shape index (κ3) is 5.22. The second kappa shape index (κ2) is 10.1. The van der Waals surface area contributed by atoms with E-state index in [9.17, 15) is 22.9 Å². The molecule has 0 N–H and O–H groups in total. The van der Waals surface area contributed by atoms with Gasteiger partial charge in [-0.15, -0.1) is 0 Å². The van der Waals surface area contributed by atoms with Gasteiger partial charge in [0.15, 0.2) is 0 Å². The maximum Gasteiger partial charge on any atom is 0.269 e. The molecule has 1 aliphatic heterocycles. The number of non-ortho nitro benzene ring substituents is 1. The Balaban J connectivity index is 1.55. The smallest absolute Gasteiger partial charge is 0.269 e. The van der Waals surface area contributed by atoms with Crippen LogP contribution in [-0.2, 0) is 16.6 Å². The molecule has 7 nitrogen and oxygen atoms in total. The molecule has 1 saturated heterocycles. The fourth-order valence-corrected chi connectivity index (χ4v) is 6.10. The average molecular weight is 504 g/mol. The van der Waals surface area contributed by atoms with E-state index < -0.39 is 20.8 Å². The van der Waals surface area contributed by atoms with Crippen molar-refractivity contribution in [3.05, 3.63) is 99.3 Å². The zero-order valence-corrected chi connectivity index (χ0v) is 19.8. The Morgan fingerprint density at radius 1 is 1.03 bits per heavy atom. The van der Waals surface area contributed by atoms with E-state index >= 15 is 0 Å². The van der Waals surface area contributed by atoms with E-state index in [4.69, 9.17) is 11.6 Å². The molecule has 0 aromatic heterocycles. The largest absolute Gasteiger partial charge is 0.299 e. The molecule has 0 unspecified atom stereocenters. The molecule has 4 rings (SSSR count). The van der Waals surface area contributed by atoms with Crippen molar-refractivity contribution in [1.29, 1.82) is 0 Å². The van der Waals surface area contributed by atoms with Crippen molar-refractivity contribution in [2.24, 2.45) is 0 Å². The van der Waals surface area contributed by atoms with Crippen LogP contribution in [0.3, 0.4) is 0 Å². The van der Waals surface area contributed by atoms with Crippen LogP contribution in [-0.4, -0.2) is 37.4 Å². The fraction of sp³-hybridized carbons (Fsp3) is 0.250. The third-order valence-electron chi connectivity index (χ3n) is 5.90. The predicted octanol–water partition coefficient (Wildman–Crippen LogP) is 5.25. The average Bonchev–Trinajstić information content (AvgIpc) is 2.83. The number of anilines is 1.